The van der Waals surface area contributed by atoms with Crippen molar-refractivity contribution in [3.63, 3.8) is 0 Å². The molecule has 122 valence electrons. The maximum atomic E-state index is 13.5. The molecule has 6 heteroatoms. The summed E-state index contributed by atoms with van der Waals surface area (Å²) < 4.78 is 41.2. The Labute approximate surface area is 136 Å². The van der Waals surface area contributed by atoms with Crippen LogP contribution in [0.15, 0.2) is 23.1 Å². The van der Waals surface area contributed by atoms with Crippen LogP contribution in [0.1, 0.15) is 50.1 Å². The van der Waals surface area contributed by atoms with Gasteiger partial charge < -0.3 is 0 Å². The Morgan fingerprint density at radius 2 is 1.95 bits per heavy atom. The van der Waals surface area contributed by atoms with Crippen LogP contribution in [0.3, 0.4) is 0 Å². The average Bonchev–Trinajstić information content (AvgIpc) is 2.48. The number of benzene rings is 1. The summed E-state index contributed by atoms with van der Waals surface area (Å²) in [5, 5.41) is 0. The number of thioether (sulfide) groups is 1. The molecule has 1 heterocycles. The van der Waals surface area contributed by atoms with E-state index in [9.17, 15) is 12.8 Å². The molecule has 0 radical (unpaired) electrons. The first-order chi connectivity index (χ1) is 10.5. The summed E-state index contributed by atoms with van der Waals surface area (Å²) in [5.74, 6) is 1.03. The van der Waals surface area contributed by atoms with Crippen LogP contribution in [0.25, 0.3) is 0 Å². The SMILES string of the molecule is O=S(=O)(CC1CCCCC1)N[C@H]1CCSc2ccc(F)cc21. The Morgan fingerprint density at radius 3 is 2.73 bits per heavy atom. The normalized spacial score (nSPS) is 23.2. The van der Waals surface area contributed by atoms with Crippen molar-refractivity contribution >= 4 is 21.8 Å². The van der Waals surface area contributed by atoms with Crippen molar-refractivity contribution in [3.8, 4) is 0 Å². The Bertz CT molecular complexity index is 627. The summed E-state index contributed by atoms with van der Waals surface area (Å²) in [6.45, 7) is 0. The number of fused-ring (bicyclic) bond motifs is 1. The summed E-state index contributed by atoms with van der Waals surface area (Å²) in [4.78, 5) is 0.984. The monoisotopic (exact) mass is 343 g/mol. The van der Waals surface area contributed by atoms with Crippen LogP contribution >= 0.6 is 11.8 Å². The molecule has 0 unspecified atom stereocenters. The first kappa shape index (κ1) is 16.3. The highest BCUT2D eigenvalue weighted by Gasteiger charge is 2.28. The third kappa shape index (κ3) is 4.03. The second-order valence-electron chi connectivity index (χ2n) is 6.28. The molecule has 1 fully saturated rings. The molecule has 0 spiro atoms. The van der Waals surface area contributed by atoms with E-state index in [1.54, 1.807) is 17.8 Å². The van der Waals surface area contributed by atoms with Crippen LogP contribution in [-0.2, 0) is 10.0 Å². The molecule has 1 aromatic carbocycles. The summed E-state index contributed by atoms with van der Waals surface area (Å²) in [5.41, 5.74) is 0.781. The lowest BCUT2D eigenvalue weighted by Gasteiger charge is -2.27. The third-order valence-corrected chi connectivity index (χ3v) is 7.19. The van der Waals surface area contributed by atoms with Gasteiger partial charge in [-0.2, -0.15) is 0 Å². The third-order valence-electron chi connectivity index (χ3n) is 4.51. The quantitative estimate of drug-likeness (QED) is 0.903. The van der Waals surface area contributed by atoms with Gasteiger partial charge in [0.15, 0.2) is 0 Å². The molecule has 1 atom stereocenters. The lowest BCUT2D eigenvalue weighted by atomic mass is 9.91. The minimum absolute atomic E-state index is 0.210. The van der Waals surface area contributed by atoms with E-state index in [0.29, 0.717) is 6.42 Å². The van der Waals surface area contributed by atoms with Gasteiger partial charge in [0.1, 0.15) is 5.82 Å². The maximum absolute atomic E-state index is 13.5. The summed E-state index contributed by atoms with van der Waals surface area (Å²) in [6.07, 6.45) is 6.21. The molecule has 1 saturated carbocycles. The molecule has 1 aromatic rings. The van der Waals surface area contributed by atoms with Crippen molar-refractivity contribution in [1.82, 2.24) is 4.72 Å². The van der Waals surface area contributed by atoms with E-state index < -0.39 is 10.0 Å². The highest BCUT2D eigenvalue weighted by molar-refractivity contribution is 7.99. The van der Waals surface area contributed by atoms with Crippen molar-refractivity contribution in [2.24, 2.45) is 5.92 Å². The van der Waals surface area contributed by atoms with Gasteiger partial charge in [-0.05, 0) is 54.7 Å². The second kappa shape index (κ2) is 6.89. The standard InChI is InChI=1S/C16H22FNO2S2/c17-13-6-7-16-14(10-13)15(8-9-21-16)18-22(19,20)11-12-4-2-1-3-5-12/h6-7,10,12,15,18H,1-5,8-9,11H2/t15-/m0/s1. The van der Waals surface area contributed by atoms with Crippen LogP contribution in [0, 0.1) is 11.7 Å². The van der Waals surface area contributed by atoms with Crippen LogP contribution in [0.2, 0.25) is 0 Å². The molecule has 0 aromatic heterocycles. The topological polar surface area (TPSA) is 46.2 Å². The molecular formula is C16H22FNO2S2. The Kier molecular flexibility index (Phi) is 5.10. The van der Waals surface area contributed by atoms with Crippen LogP contribution in [0.5, 0.6) is 0 Å². The Balaban J connectivity index is 1.71. The maximum Gasteiger partial charge on any atom is 0.212 e. The summed E-state index contributed by atoms with van der Waals surface area (Å²) in [6, 6.07) is 4.36. The number of hydrogen-bond acceptors (Lipinski definition) is 3. The molecule has 0 amide bonds. The van der Waals surface area contributed by atoms with Crippen molar-refractivity contribution in [2.75, 3.05) is 11.5 Å². The van der Waals surface area contributed by atoms with E-state index in [4.69, 9.17) is 0 Å². The van der Waals surface area contributed by atoms with Gasteiger partial charge in [-0.15, -0.1) is 11.8 Å². The van der Waals surface area contributed by atoms with E-state index in [1.165, 1.54) is 18.6 Å². The van der Waals surface area contributed by atoms with E-state index in [1.807, 2.05) is 0 Å². The van der Waals surface area contributed by atoms with E-state index in [2.05, 4.69) is 4.72 Å². The smallest absolute Gasteiger partial charge is 0.212 e. The molecule has 22 heavy (non-hydrogen) atoms. The van der Waals surface area contributed by atoms with Crippen molar-refractivity contribution in [3.05, 3.63) is 29.6 Å². The number of halogens is 1. The zero-order chi connectivity index (χ0) is 15.6. The van der Waals surface area contributed by atoms with E-state index in [0.717, 1.165) is 41.9 Å². The van der Waals surface area contributed by atoms with Gasteiger partial charge in [0.25, 0.3) is 0 Å². The fraction of sp³-hybridized carbons (Fsp3) is 0.625. The number of rotatable bonds is 4. The molecule has 2 aliphatic rings. The molecule has 1 aliphatic carbocycles. The molecule has 0 saturated heterocycles. The summed E-state index contributed by atoms with van der Waals surface area (Å²) >= 11 is 1.66. The number of hydrogen-bond donors (Lipinski definition) is 1. The fourth-order valence-corrected chi connectivity index (χ4v) is 6.25. The highest BCUT2D eigenvalue weighted by Crippen LogP contribution is 2.37. The first-order valence-electron chi connectivity index (χ1n) is 7.96. The predicted octanol–water partition coefficient (Wildman–Crippen LogP) is 3.86. The number of nitrogens with one attached hydrogen (secondary N) is 1. The lowest BCUT2D eigenvalue weighted by Crippen LogP contribution is -2.35. The van der Waals surface area contributed by atoms with Gasteiger partial charge in [0, 0.05) is 10.9 Å². The highest BCUT2D eigenvalue weighted by atomic mass is 32.2. The van der Waals surface area contributed by atoms with Gasteiger partial charge in [-0.25, -0.2) is 17.5 Å². The average molecular weight is 343 g/mol. The molecule has 3 nitrogen and oxygen atoms in total. The molecule has 1 aliphatic heterocycles. The minimum atomic E-state index is -3.32. The van der Waals surface area contributed by atoms with Crippen LogP contribution in [-0.4, -0.2) is 19.9 Å². The fourth-order valence-electron chi connectivity index (χ4n) is 3.42. The van der Waals surface area contributed by atoms with Crippen molar-refractivity contribution < 1.29 is 12.8 Å². The molecule has 1 N–H and O–H groups in total. The van der Waals surface area contributed by atoms with Gasteiger partial charge in [0.05, 0.1) is 5.75 Å². The van der Waals surface area contributed by atoms with Crippen LogP contribution < -0.4 is 4.72 Å². The second-order valence-corrected chi connectivity index (χ2v) is 9.21. The minimum Gasteiger partial charge on any atom is -0.212 e. The van der Waals surface area contributed by atoms with E-state index >= 15 is 0 Å². The van der Waals surface area contributed by atoms with Gasteiger partial charge >= 0.3 is 0 Å². The largest absolute Gasteiger partial charge is 0.212 e. The molecular weight excluding hydrogens is 321 g/mol. The Hall–Kier alpha value is -0.590. The van der Waals surface area contributed by atoms with E-state index in [-0.39, 0.29) is 23.5 Å². The first-order valence-corrected chi connectivity index (χ1v) is 10.6. The molecule has 0 bridgehead atoms. The van der Waals surface area contributed by atoms with Crippen molar-refractivity contribution in [1.29, 1.82) is 0 Å². The summed E-state index contributed by atoms with van der Waals surface area (Å²) in [7, 11) is -3.32. The van der Waals surface area contributed by atoms with Crippen molar-refractivity contribution in [2.45, 2.75) is 49.5 Å². The van der Waals surface area contributed by atoms with Gasteiger partial charge in [-0.1, -0.05) is 19.3 Å². The zero-order valence-electron chi connectivity index (χ0n) is 12.6. The van der Waals surface area contributed by atoms with Gasteiger partial charge in [0.2, 0.25) is 10.0 Å². The Morgan fingerprint density at radius 1 is 1.18 bits per heavy atom. The van der Waals surface area contributed by atoms with Gasteiger partial charge in [-0.3, -0.25) is 0 Å². The molecule has 3 rings (SSSR count). The van der Waals surface area contributed by atoms with Crippen LogP contribution in [0.4, 0.5) is 4.39 Å². The lowest BCUT2D eigenvalue weighted by molar-refractivity contribution is 0.383. The predicted molar refractivity (Wildman–Crippen MR) is 88.0 cm³/mol. The number of sulfonamides is 1. The zero-order valence-corrected chi connectivity index (χ0v) is 14.2.